The number of benzene rings is 1. The summed E-state index contributed by atoms with van der Waals surface area (Å²) in [7, 11) is 0. The minimum absolute atomic E-state index is 0. The van der Waals surface area contributed by atoms with Gasteiger partial charge in [0.05, 0.1) is 11.4 Å². The molecule has 1 amide bonds. The second-order valence-corrected chi connectivity index (χ2v) is 5.90. The average Bonchev–Trinajstić information content (AvgIpc) is 2.91. The second kappa shape index (κ2) is 5.04. The molecule has 2 fully saturated rings. The molecule has 2 heterocycles. The number of halogens is 1. The molecule has 1 aromatic carbocycles. The molecule has 2 aliphatic heterocycles. The van der Waals surface area contributed by atoms with Crippen LogP contribution in [0.25, 0.3) is 0 Å². The number of nitrogens with zero attached hydrogens (tertiary/aromatic N) is 2. The van der Waals surface area contributed by atoms with E-state index in [-0.39, 0.29) is 29.7 Å². The Balaban J connectivity index is 0.00000133. The molecule has 0 aliphatic carbocycles. The maximum Gasteiger partial charge on any atom is 0.249 e. The fraction of sp³-hybridized carbons (Fsp3) is 0.385. The van der Waals surface area contributed by atoms with E-state index >= 15 is 0 Å². The van der Waals surface area contributed by atoms with Crippen molar-refractivity contribution in [3.63, 3.8) is 0 Å². The minimum Gasteiger partial charge on any atom is -0.314 e. The van der Waals surface area contributed by atoms with E-state index in [0.29, 0.717) is 12.2 Å². The van der Waals surface area contributed by atoms with E-state index in [0.717, 1.165) is 5.56 Å². The van der Waals surface area contributed by atoms with Crippen molar-refractivity contribution in [2.45, 2.75) is 23.4 Å². The normalized spacial score (nSPS) is 32.6. The SMILES string of the molecule is Cl.N#C[C@@H]1CS[C@H]2C[C@](N)(c3ccccc3)C(=O)N12. The van der Waals surface area contributed by atoms with Gasteiger partial charge in [0, 0.05) is 12.2 Å². The first-order valence-electron chi connectivity index (χ1n) is 5.85. The van der Waals surface area contributed by atoms with Crippen molar-refractivity contribution >= 4 is 30.1 Å². The Bertz CT molecular complexity index is 532. The Hall–Kier alpha value is -1.22. The molecule has 0 spiro atoms. The van der Waals surface area contributed by atoms with Gasteiger partial charge in [-0.15, -0.1) is 24.2 Å². The van der Waals surface area contributed by atoms with E-state index in [4.69, 9.17) is 11.0 Å². The van der Waals surface area contributed by atoms with Crippen LogP contribution in [0.1, 0.15) is 12.0 Å². The lowest BCUT2D eigenvalue weighted by Gasteiger charge is -2.24. The summed E-state index contributed by atoms with van der Waals surface area (Å²) in [5, 5.41) is 9.12. The molecule has 2 saturated heterocycles. The summed E-state index contributed by atoms with van der Waals surface area (Å²) in [4.78, 5) is 14.2. The summed E-state index contributed by atoms with van der Waals surface area (Å²) in [6.07, 6.45) is 0.582. The van der Waals surface area contributed by atoms with Crippen LogP contribution in [0.5, 0.6) is 0 Å². The van der Waals surface area contributed by atoms with E-state index in [9.17, 15) is 4.79 Å². The summed E-state index contributed by atoms with van der Waals surface area (Å²) < 4.78 is 0. The Morgan fingerprint density at radius 3 is 2.74 bits per heavy atom. The van der Waals surface area contributed by atoms with Gasteiger partial charge in [0.15, 0.2) is 0 Å². The number of nitriles is 1. The highest BCUT2D eigenvalue weighted by Crippen LogP contribution is 2.44. The Labute approximate surface area is 122 Å². The van der Waals surface area contributed by atoms with Gasteiger partial charge in [-0.05, 0) is 5.56 Å². The van der Waals surface area contributed by atoms with Crippen molar-refractivity contribution in [1.29, 1.82) is 5.26 Å². The molecule has 4 nitrogen and oxygen atoms in total. The zero-order valence-electron chi connectivity index (χ0n) is 10.2. The lowest BCUT2D eigenvalue weighted by molar-refractivity contribution is -0.133. The highest BCUT2D eigenvalue weighted by Gasteiger charge is 2.55. The van der Waals surface area contributed by atoms with Crippen molar-refractivity contribution in [3.8, 4) is 6.07 Å². The fourth-order valence-corrected chi connectivity index (χ4v) is 4.09. The van der Waals surface area contributed by atoms with Crippen molar-refractivity contribution in [2.24, 2.45) is 5.73 Å². The minimum atomic E-state index is -0.964. The van der Waals surface area contributed by atoms with Crippen LogP contribution in [0, 0.1) is 11.3 Å². The van der Waals surface area contributed by atoms with E-state index < -0.39 is 5.54 Å². The van der Waals surface area contributed by atoms with Gasteiger partial charge in [-0.25, -0.2) is 0 Å². The van der Waals surface area contributed by atoms with Gasteiger partial charge in [-0.1, -0.05) is 30.3 Å². The third kappa shape index (κ3) is 2.00. The molecule has 0 saturated carbocycles. The van der Waals surface area contributed by atoms with Crippen LogP contribution in [0.2, 0.25) is 0 Å². The lowest BCUT2D eigenvalue weighted by Crippen LogP contribution is -2.47. The van der Waals surface area contributed by atoms with Gasteiger partial charge in [-0.3, -0.25) is 4.79 Å². The molecule has 100 valence electrons. The number of hydrogen-bond donors (Lipinski definition) is 1. The maximum absolute atomic E-state index is 12.5. The largest absolute Gasteiger partial charge is 0.314 e. The van der Waals surface area contributed by atoms with Crippen LogP contribution in [-0.4, -0.2) is 28.0 Å². The van der Waals surface area contributed by atoms with Crippen LogP contribution in [0.3, 0.4) is 0 Å². The van der Waals surface area contributed by atoms with Crippen molar-refractivity contribution in [3.05, 3.63) is 35.9 Å². The van der Waals surface area contributed by atoms with Gasteiger partial charge < -0.3 is 10.6 Å². The summed E-state index contributed by atoms with van der Waals surface area (Å²) in [6, 6.07) is 11.3. The summed E-state index contributed by atoms with van der Waals surface area (Å²) in [6.45, 7) is 0. The first-order chi connectivity index (χ1) is 8.66. The molecular weight excluding hydrogens is 282 g/mol. The van der Waals surface area contributed by atoms with Crippen LogP contribution < -0.4 is 5.73 Å². The molecule has 3 rings (SSSR count). The monoisotopic (exact) mass is 295 g/mol. The number of rotatable bonds is 1. The Kier molecular flexibility index (Phi) is 3.77. The number of thioether (sulfide) groups is 1. The van der Waals surface area contributed by atoms with E-state index in [1.54, 1.807) is 16.7 Å². The molecule has 1 aromatic rings. The molecule has 6 heteroatoms. The molecule has 3 atom stereocenters. The average molecular weight is 296 g/mol. The fourth-order valence-electron chi connectivity index (χ4n) is 2.66. The summed E-state index contributed by atoms with van der Waals surface area (Å²) >= 11 is 1.65. The molecule has 0 radical (unpaired) electrons. The van der Waals surface area contributed by atoms with Gasteiger partial charge in [-0.2, -0.15) is 5.26 Å². The zero-order chi connectivity index (χ0) is 12.8. The molecular formula is C13H14ClN3OS. The molecule has 0 aromatic heterocycles. The molecule has 0 unspecified atom stereocenters. The van der Waals surface area contributed by atoms with Gasteiger partial charge >= 0.3 is 0 Å². The van der Waals surface area contributed by atoms with Crippen LogP contribution in [0.4, 0.5) is 0 Å². The highest BCUT2D eigenvalue weighted by molar-refractivity contribution is 8.00. The number of carbonyl (C=O) groups is 1. The summed E-state index contributed by atoms with van der Waals surface area (Å²) in [5.74, 6) is 0.577. The number of nitrogens with two attached hydrogens (primary N) is 1. The van der Waals surface area contributed by atoms with Crippen LogP contribution in [0.15, 0.2) is 30.3 Å². The molecule has 19 heavy (non-hydrogen) atoms. The van der Waals surface area contributed by atoms with Crippen molar-refractivity contribution < 1.29 is 4.79 Å². The first-order valence-corrected chi connectivity index (χ1v) is 6.90. The smallest absolute Gasteiger partial charge is 0.249 e. The zero-order valence-corrected chi connectivity index (χ0v) is 11.8. The van der Waals surface area contributed by atoms with Gasteiger partial charge in [0.2, 0.25) is 5.91 Å². The van der Waals surface area contributed by atoms with E-state index in [1.165, 1.54) is 0 Å². The second-order valence-electron chi connectivity index (χ2n) is 4.69. The first kappa shape index (κ1) is 14.2. The highest BCUT2D eigenvalue weighted by atomic mass is 35.5. The Morgan fingerprint density at radius 2 is 2.11 bits per heavy atom. The van der Waals surface area contributed by atoms with Crippen molar-refractivity contribution in [2.75, 3.05) is 5.75 Å². The molecule has 2 aliphatic rings. The van der Waals surface area contributed by atoms with E-state index in [2.05, 4.69) is 6.07 Å². The van der Waals surface area contributed by atoms with Gasteiger partial charge in [0.25, 0.3) is 0 Å². The van der Waals surface area contributed by atoms with Crippen LogP contribution >= 0.6 is 24.2 Å². The number of amides is 1. The predicted octanol–water partition coefficient (Wildman–Crippen LogP) is 1.46. The standard InChI is InChI=1S/C13H13N3OS.ClH/c14-7-10-8-18-11-6-13(15,12(17)16(10)11)9-4-2-1-3-5-9;/h1-5,10-11H,6,8,15H2;1H/t10-,11+,13+;/m1./s1. The molecule has 2 N–H and O–H groups in total. The summed E-state index contributed by atoms with van der Waals surface area (Å²) in [5.41, 5.74) is 6.19. The number of fused-ring (bicyclic) bond motifs is 1. The van der Waals surface area contributed by atoms with Crippen LogP contribution in [-0.2, 0) is 10.3 Å². The Morgan fingerprint density at radius 1 is 1.42 bits per heavy atom. The third-order valence-corrected chi connectivity index (χ3v) is 4.93. The maximum atomic E-state index is 12.5. The van der Waals surface area contributed by atoms with Gasteiger partial charge in [0.1, 0.15) is 11.6 Å². The third-order valence-electron chi connectivity index (χ3n) is 3.64. The van der Waals surface area contributed by atoms with Crippen molar-refractivity contribution in [1.82, 2.24) is 4.90 Å². The molecule has 0 bridgehead atoms. The lowest BCUT2D eigenvalue weighted by atomic mass is 9.89. The quantitative estimate of drug-likeness (QED) is 0.851. The van der Waals surface area contributed by atoms with E-state index in [1.807, 2.05) is 30.3 Å². The number of hydrogen-bond acceptors (Lipinski definition) is 4. The predicted molar refractivity (Wildman–Crippen MR) is 76.7 cm³/mol. The topological polar surface area (TPSA) is 70.1 Å². The number of carbonyl (C=O) groups excluding carboxylic acids is 1.